The van der Waals surface area contributed by atoms with Gasteiger partial charge in [-0.1, -0.05) is 24.3 Å². The van der Waals surface area contributed by atoms with Gasteiger partial charge in [-0.25, -0.2) is 4.79 Å². The average molecular weight is 394 g/mol. The fourth-order valence-electron chi connectivity index (χ4n) is 3.32. The molecule has 0 unspecified atom stereocenters. The van der Waals surface area contributed by atoms with E-state index in [-0.39, 0.29) is 0 Å². The van der Waals surface area contributed by atoms with Gasteiger partial charge in [-0.15, -0.1) is 0 Å². The molecule has 1 amide bonds. The maximum absolute atomic E-state index is 12.1. The fourth-order valence-corrected chi connectivity index (χ4v) is 3.32. The summed E-state index contributed by atoms with van der Waals surface area (Å²) in [6.45, 7) is 6.81. The van der Waals surface area contributed by atoms with Crippen LogP contribution in [0.4, 0.5) is 16.2 Å². The summed E-state index contributed by atoms with van der Waals surface area (Å²) in [5.74, 6) is 0.626. The molecule has 0 spiro atoms. The minimum absolute atomic E-state index is 0.317. The first kappa shape index (κ1) is 20.5. The number of piperazine rings is 1. The minimum Gasteiger partial charge on any atom is -0.492 e. The summed E-state index contributed by atoms with van der Waals surface area (Å²) in [4.78, 5) is 16.6. The Labute approximate surface area is 171 Å². The van der Waals surface area contributed by atoms with Gasteiger partial charge in [-0.05, 0) is 31.2 Å². The predicted octanol–water partition coefficient (Wildman–Crippen LogP) is 3.33. The molecular formula is C22H26N4O3. The lowest BCUT2D eigenvalue weighted by Gasteiger charge is -2.36. The van der Waals surface area contributed by atoms with Gasteiger partial charge in [0.25, 0.3) is 0 Å². The van der Waals surface area contributed by atoms with Crippen LogP contribution < -0.4 is 15.0 Å². The van der Waals surface area contributed by atoms with E-state index in [1.165, 1.54) is 0 Å². The van der Waals surface area contributed by atoms with Crippen molar-refractivity contribution < 1.29 is 14.3 Å². The number of hydrogen-bond donors (Lipinski definition) is 1. The number of hydrogen-bond acceptors (Lipinski definition) is 6. The van der Waals surface area contributed by atoms with Crippen LogP contribution in [0.3, 0.4) is 0 Å². The van der Waals surface area contributed by atoms with E-state index >= 15 is 0 Å². The number of carbonyl (C=O) groups is 1. The van der Waals surface area contributed by atoms with Crippen LogP contribution in [0.5, 0.6) is 5.75 Å². The van der Waals surface area contributed by atoms with Gasteiger partial charge in [0.15, 0.2) is 0 Å². The quantitative estimate of drug-likeness (QED) is 0.776. The van der Waals surface area contributed by atoms with Crippen LogP contribution in [0.2, 0.25) is 0 Å². The molecule has 1 fully saturated rings. The Morgan fingerprint density at radius 1 is 1.10 bits per heavy atom. The van der Waals surface area contributed by atoms with E-state index in [0.717, 1.165) is 31.9 Å². The summed E-state index contributed by atoms with van der Waals surface area (Å²) >= 11 is 0. The van der Waals surface area contributed by atoms with E-state index in [0.29, 0.717) is 36.8 Å². The van der Waals surface area contributed by atoms with Crippen molar-refractivity contribution in [2.24, 2.45) is 0 Å². The van der Waals surface area contributed by atoms with E-state index in [2.05, 4.69) is 21.2 Å². The van der Waals surface area contributed by atoms with E-state index in [1.807, 2.05) is 49.4 Å². The van der Waals surface area contributed by atoms with Gasteiger partial charge in [0.05, 0.1) is 23.5 Å². The monoisotopic (exact) mass is 394 g/mol. The molecule has 1 aliphatic rings. The third kappa shape index (κ3) is 5.62. The highest BCUT2D eigenvalue weighted by molar-refractivity contribution is 5.86. The van der Waals surface area contributed by atoms with E-state index in [1.54, 1.807) is 6.07 Å². The van der Waals surface area contributed by atoms with E-state index in [9.17, 15) is 10.1 Å². The van der Waals surface area contributed by atoms with Gasteiger partial charge < -0.3 is 14.4 Å². The standard InChI is InChI=1S/C22H26N4O3/c1-2-28-21-10-6-4-8-19(21)24-22(27)29-16-15-25-11-13-26(14-12-25)20-9-5-3-7-18(20)17-23/h3-10H,2,11-16H2,1H3,(H,24,27). The number of nitriles is 1. The van der Waals surface area contributed by atoms with Crippen LogP contribution >= 0.6 is 0 Å². The highest BCUT2D eigenvalue weighted by Gasteiger charge is 2.19. The summed E-state index contributed by atoms with van der Waals surface area (Å²) in [5, 5.41) is 12.0. The van der Waals surface area contributed by atoms with Crippen molar-refractivity contribution in [1.29, 1.82) is 5.26 Å². The van der Waals surface area contributed by atoms with Gasteiger partial charge >= 0.3 is 6.09 Å². The van der Waals surface area contributed by atoms with Crippen LogP contribution in [0.25, 0.3) is 0 Å². The molecule has 0 radical (unpaired) electrons. The van der Waals surface area contributed by atoms with E-state index < -0.39 is 6.09 Å². The van der Waals surface area contributed by atoms with Crippen LogP contribution in [0.15, 0.2) is 48.5 Å². The van der Waals surface area contributed by atoms with Crippen molar-refractivity contribution in [3.8, 4) is 11.8 Å². The topological polar surface area (TPSA) is 77.8 Å². The largest absolute Gasteiger partial charge is 0.492 e. The maximum Gasteiger partial charge on any atom is 0.411 e. The maximum atomic E-state index is 12.1. The zero-order valence-electron chi connectivity index (χ0n) is 16.6. The van der Waals surface area contributed by atoms with Crippen LogP contribution in [0.1, 0.15) is 12.5 Å². The van der Waals surface area contributed by atoms with Gasteiger partial charge in [0.1, 0.15) is 18.4 Å². The fraction of sp³-hybridized carbons (Fsp3) is 0.364. The first-order valence-corrected chi connectivity index (χ1v) is 9.83. The van der Waals surface area contributed by atoms with Crippen molar-refractivity contribution >= 4 is 17.5 Å². The lowest BCUT2D eigenvalue weighted by atomic mass is 10.1. The molecule has 0 aromatic heterocycles. The predicted molar refractivity (Wildman–Crippen MR) is 112 cm³/mol. The number of nitrogens with zero attached hydrogens (tertiary/aromatic N) is 3. The first-order valence-electron chi connectivity index (χ1n) is 9.83. The Bertz CT molecular complexity index is 857. The van der Waals surface area contributed by atoms with Gasteiger partial charge in [0, 0.05) is 32.7 Å². The summed E-state index contributed by atoms with van der Waals surface area (Å²) in [5.41, 5.74) is 2.29. The molecule has 0 bridgehead atoms. The Morgan fingerprint density at radius 3 is 2.59 bits per heavy atom. The molecule has 29 heavy (non-hydrogen) atoms. The third-order valence-corrected chi connectivity index (χ3v) is 4.80. The number of amides is 1. The molecule has 1 heterocycles. The normalized spacial score (nSPS) is 14.1. The van der Waals surface area contributed by atoms with Crippen LogP contribution in [-0.4, -0.2) is 56.9 Å². The summed E-state index contributed by atoms with van der Waals surface area (Å²) < 4.78 is 10.8. The minimum atomic E-state index is -0.487. The SMILES string of the molecule is CCOc1ccccc1NC(=O)OCCN1CCN(c2ccccc2C#N)CC1. The first-order chi connectivity index (χ1) is 14.2. The molecule has 7 heteroatoms. The molecular weight excluding hydrogens is 368 g/mol. The highest BCUT2D eigenvalue weighted by atomic mass is 16.5. The molecule has 1 aliphatic heterocycles. The molecule has 7 nitrogen and oxygen atoms in total. The average Bonchev–Trinajstić information content (AvgIpc) is 2.76. The zero-order chi connectivity index (χ0) is 20.5. The zero-order valence-corrected chi connectivity index (χ0v) is 16.6. The second-order valence-electron chi connectivity index (χ2n) is 6.65. The van der Waals surface area contributed by atoms with Crippen molar-refractivity contribution in [1.82, 2.24) is 4.90 Å². The lowest BCUT2D eigenvalue weighted by Crippen LogP contribution is -2.47. The van der Waals surface area contributed by atoms with Crippen molar-refractivity contribution in [2.75, 3.05) is 56.2 Å². The second-order valence-corrected chi connectivity index (χ2v) is 6.65. The molecule has 2 aromatic carbocycles. The molecule has 1 saturated heterocycles. The molecule has 3 rings (SSSR count). The smallest absolute Gasteiger partial charge is 0.411 e. The summed E-state index contributed by atoms with van der Waals surface area (Å²) in [6.07, 6.45) is -0.487. The number of para-hydroxylation sites is 3. The Hall–Kier alpha value is -3.24. The summed E-state index contributed by atoms with van der Waals surface area (Å²) in [6, 6.07) is 17.2. The number of nitrogens with one attached hydrogen (secondary N) is 1. The number of rotatable bonds is 7. The number of anilines is 2. The van der Waals surface area contributed by atoms with Crippen LogP contribution in [0, 0.1) is 11.3 Å². The van der Waals surface area contributed by atoms with Crippen molar-refractivity contribution in [2.45, 2.75) is 6.92 Å². The number of benzene rings is 2. The van der Waals surface area contributed by atoms with Crippen molar-refractivity contribution in [3.05, 3.63) is 54.1 Å². The van der Waals surface area contributed by atoms with E-state index in [4.69, 9.17) is 9.47 Å². The molecule has 0 aliphatic carbocycles. The highest BCUT2D eigenvalue weighted by Crippen LogP contribution is 2.24. The summed E-state index contributed by atoms with van der Waals surface area (Å²) in [7, 11) is 0. The third-order valence-electron chi connectivity index (χ3n) is 4.80. The van der Waals surface area contributed by atoms with Gasteiger partial charge in [-0.3, -0.25) is 10.2 Å². The van der Waals surface area contributed by atoms with Crippen molar-refractivity contribution in [3.63, 3.8) is 0 Å². The number of carbonyl (C=O) groups excluding carboxylic acids is 1. The van der Waals surface area contributed by atoms with Gasteiger partial charge in [0.2, 0.25) is 0 Å². The molecule has 152 valence electrons. The molecule has 0 atom stereocenters. The van der Waals surface area contributed by atoms with Crippen LogP contribution in [-0.2, 0) is 4.74 Å². The Kier molecular flexibility index (Phi) is 7.31. The molecule has 2 aromatic rings. The second kappa shape index (κ2) is 10.3. The van der Waals surface area contributed by atoms with Gasteiger partial charge in [-0.2, -0.15) is 5.26 Å². The Balaban J connectivity index is 1.41. The molecule has 1 N–H and O–H groups in total. The Morgan fingerprint density at radius 2 is 1.83 bits per heavy atom. The number of ether oxygens (including phenoxy) is 2. The lowest BCUT2D eigenvalue weighted by molar-refractivity contribution is 0.137. The molecule has 0 saturated carbocycles.